The zero-order valence-corrected chi connectivity index (χ0v) is 11.1. The molecular formula is C14H24N2O. The third kappa shape index (κ3) is 4.86. The van der Waals surface area contributed by atoms with Crippen molar-refractivity contribution in [2.24, 2.45) is 11.7 Å². The van der Waals surface area contributed by atoms with E-state index in [0.29, 0.717) is 19.1 Å². The van der Waals surface area contributed by atoms with Gasteiger partial charge in [0.05, 0.1) is 6.61 Å². The van der Waals surface area contributed by atoms with Gasteiger partial charge in [-0.3, -0.25) is 0 Å². The number of rotatable bonds is 7. The van der Waals surface area contributed by atoms with Crippen molar-refractivity contribution in [1.29, 1.82) is 0 Å². The lowest BCUT2D eigenvalue weighted by Gasteiger charge is -2.19. The molecule has 1 aromatic rings. The lowest BCUT2D eigenvalue weighted by Crippen LogP contribution is -2.30. The summed E-state index contributed by atoms with van der Waals surface area (Å²) < 4.78 is 5.09. The molecule has 1 aromatic carbocycles. The van der Waals surface area contributed by atoms with E-state index in [2.05, 4.69) is 43.4 Å². The van der Waals surface area contributed by atoms with Crippen LogP contribution in [0.5, 0.6) is 0 Å². The summed E-state index contributed by atoms with van der Waals surface area (Å²) in [6, 6.07) is 8.68. The molecule has 17 heavy (non-hydrogen) atoms. The number of hydrogen-bond acceptors (Lipinski definition) is 3. The highest BCUT2D eigenvalue weighted by Crippen LogP contribution is 2.13. The first-order chi connectivity index (χ1) is 8.17. The average molecular weight is 236 g/mol. The largest absolute Gasteiger partial charge is 0.380 e. The van der Waals surface area contributed by atoms with Gasteiger partial charge in [0.15, 0.2) is 0 Å². The van der Waals surface area contributed by atoms with Gasteiger partial charge in [-0.25, -0.2) is 0 Å². The second-order valence-electron chi connectivity index (χ2n) is 4.76. The molecular weight excluding hydrogens is 212 g/mol. The van der Waals surface area contributed by atoms with Crippen LogP contribution in [0.15, 0.2) is 24.3 Å². The fraction of sp³-hybridized carbons (Fsp3) is 0.571. The lowest BCUT2D eigenvalue weighted by atomic mass is 10.0. The van der Waals surface area contributed by atoms with E-state index >= 15 is 0 Å². The molecule has 96 valence electrons. The molecule has 0 aromatic heterocycles. The third-order valence-corrected chi connectivity index (χ3v) is 2.70. The first-order valence-corrected chi connectivity index (χ1v) is 6.18. The van der Waals surface area contributed by atoms with Gasteiger partial charge >= 0.3 is 0 Å². The molecule has 1 rings (SSSR count). The van der Waals surface area contributed by atoms with E-state index in [1.54, 1.807) is 7.11 Å². The van der Waals surface area contributed by atoms with Crippen LogP contribution in [0.4, 0.5) is 0 Å². The van der Waals surface area contributed by atoms with Crippen LogP contribution < -0.4 is 11.1 Å². The van der Waals surface area contributed by atoms with Crippen molar-refractivity contribution in [3.8, 4) is 0 Å². The number of benzene rings is 1. The summed E-state index contributed by atoms with van der Waals surface area (Å²) in [5.74, 6) is 0.636. The van der Waals surface area contributed by atoms with Crippen LogP contribution in [0, 0.1) is 5.92 Å². The Hall–Kier alpha value is -0.900. The molecule has 0 aliphatic rings. The van der Waals surface area contributed by atoms with E-state index < -0.39 is 0 Å². The van der Waals surface area contributed by atoms with E-state index in [4.69, 9.17) is 10.5 Å². The van der Waals surface area contributed by atoms with Gasteiger partial charge in [0, 0.05) is 19.7 Å². The standard InChI is InChI=1S/C14H24N2O/c1-11(2)9-16-14(8-15)13-6-4-12(5-7-13)10-17-3/h4-7,11,14,16H,8-10,15H2,1-3H3. The molecule has 0 saturated heterocycles. The van der Waals surface area contributed by atoms with Gasteiger partial charge in [-0.2, -0.15) is 0 Å². The van der Waals surface area contributed by atoms with Crippen LogP contribution in [0.3, 0.4) is 0 Å². The highest BCUT2D eigenvalue weighted by atomic mass is 16.5. The minimum Gasteiger partial charge on any atom is -0.380 e. The second kappa shape index (κ2) is 7.43. The number of hydrogen-bond donors (Lipinski definition) is 2. The maximum Gasteiger partial charge on any atom is 0.0713 e. The molecule has 0 fully saturated rings. The zero-order chi connectivity index (χ0) is 12.7. The summed E-state index contributed by atoms with van der Waals surface area (Å²) in [4.78, 5) is 0. The predicted molar refractivity (Wildman–Crippen MR) is 71.8 cm³/mol. The highest BCUT2D eigenvalue weighted by Gasteiger charge is 2.09. The maximum atomic E-state index is 5.80. The maximum absolute atomic E-state index is 5.80. The van der Waals surface area contributed by atoms with Crippen molar-refractivity contribution in [2.75, 3.05) is 20.2 Å². The summed E-state index contributed by atoms with van der Waals surface area (Å²) in [7, 11) is 1.71. The first kappa shape index (κ1) is 14.2. The van der Waals surface area contributed by atoms with Crippen molar-refractivity contribution < 1.29 is 4.74 Å². The number of nitrogens with two attached hydrogens (primary N) is 1. The van der Waals surface area contributed by atoms with Gasteiger partial charge in [-0.15, -0.1) is 0 Å². The topological polar surface area (TPSA) is 47.3 Å². The quantitative estimate of drug-likeness (QED) is 0.762. The van der Waals surface area contributed by atoms with E-state index in [-0.39, 0.29) is 6.04 Å². The van der Waals surface area contributed by atoms with E-state index in [1.807, 2.05) is 0 Å². The molecule has 0 spiro atoms. The van der Waals surface area contributed by atoms with Gasteiger partial charge in [-0.05, 0) is 23.6 Å². The Morgan fingerprint density at radius 1 is 1.24 bits per heavy atom. The number of ether oxygens (including phenoxy) is 1. The molecule has 1 unspecified atom stereocenters. The Kier molecular flexibility index (Phi) is 6.19. The Morgan fingerprint density at radius 2 is 1.88 bits per heavy atom. The molecule has 0 amide bonds. The first-order valence-electron chi connectivity index (χ1n) is 6.18. The Balaban J connectivity index is 2.61. The van der Waals surface area contributed by atoms with Crippen LogP contribution in [-0.2, 0) is 11.3 Å². The summed E-state index contributed by atoms with van der Waals surface area (Å²) in [6.45, 7) is 6.66. The van der Waals surface area contributed by atoms with Gasteiger partial charge in [0.1, 0.15) is 0 Å². The smallest absolute Gasteiger partial charge is 0.0713 e. The molecule has 3 N–H and O–H groups in total. The van der Waals surface area contributed by atoms with Crippen molar-refractivity contribution in [3.63, 3.8) is 0 Å². The van der Waals surface area contributed by atoms with Crippen LogP contribution in [0.2, 0.25) is 0 Å². The van der Waals surface area contributed by atoms with Crippen LogP contribution in [0.25, 0.3) is 0 Å². The van der Waals surface area contributed by atoms with Gasteiger partial charge in [-0.1, -0.05) is 38.1 Å². The van der Waals surface area contributed by atoms with Crippen molar-refractivity contribution in [2.45, 2.75) is 26.5 Å². The second-order valence-corrected chi connectivity index (χ2v) is 4.76. The Labute approximate surface area is 104 Å². The van der Waals surface area contributed by atoms with E-state index in [0.717, 1.165) is 6.54 Å². The van der Waals surface area contributed by atoms with E-state index in [9.17, 15) is 0 Å². The minimum atomic E-state index is 0.244. The fourth-order valence-electron chi connectivity index (χ4n) is 1.73. The van der Waals surface area contributed by atoms with Crippen molar-refractivity contribution in [3.05, 3.63) is 35.4 Å². The van der Waals surface area contributed by atoms with Crippen LogP contribution in [0.1, 0.15) is 31.0 Å². The Bertz CT molecular complexity index is 309. The number of nitrogens with one attached hydrogen (secondary N) is 1. The summed E-state index contributed by atoms with van der Waals surface area (Å²) in [6.07, 6.45) is 0. The molecule has 3 nitrogen and oxygen atoms in total. The Morgan fingerprint density at radius 3 is 2.35 bits per heavy atom. The normalized spacial score (nSPS) is 13.0. The molecule has 0 heterocycles. The summed E-state index contributed by atoms with van der Waals surface area (Å²) in [5.41, 5.74) is 8.23. The van der Waals surface area contributed by atoms with Crippen LogP contribution >= 0.6 is 0 Å². The lowest BCUT2D eigenvalue weighted by molar-refractivity contribution is 0.185. The summed E-state index contributed by atoms with van der Waals surface area (Å²) in [5, 5.41) is 3.48. The van der Waals surface area contributed by atoms with E-state index in [1.165, 1.54) is 11.1 Å². The molecule has 0 saturated carbocycles. The number of methoxy groups -OCH3 is 1. The zero-order valence-electron chi connectivity index (χ0n) is 11.1. The van der Waals surface area contributed by atoms with Gasteiger partial charge in [0.2, 0.25) is 0 Å². The SMILES string of the molecule is COCc1ccc(C(CN)NCC(C)C)cc1. The molecule has 0 bridgehead atoms. The molecule has 1 atom stereocenters. The minimum absolute atomic E-state index is 0.244. The molecule has 0 aliphatic heterocycles. The average Bonchev–Trinajstić information content (AvgIpc) is 2.32. The molecule has 3 heteroatoms. The summed E-state index contributed by atoms with van der Waals surface area (Å²) >= 11 is 0. The highest BCUT2D eigenvalue weighted by molar-refractivity contribution is 5.25. The van der Waals surface area contributed by atoms with Gasteiger partial charge in [0.25, 0.3) is 0 Å². The third-order valence-electron chi connectivity index (χ3n) is 2.70. The predicted octanol–water partition coefficient (Wildman–Crippen LogP) is 2.08. The molecule has 0 aliphatic carbocycles. The van der Waals surface area contributed by atoms with Crippen LogP contribution in [-0.4, -0.2) is 20.2 Å². The molecule has 0 radical (unpaired) electrons. The fourth-order valence-corrected chi connectivity index (χ4v) is 1.73. The van der Waals surface area contributed by atoms with Crippen molar-refractivity contribution >= 4 is 0 Å². The monoisotopic (exact) mass is 236 g/mol. The van der Waals surface area contributed by atoms with Gasteiger partial charge < -0.3 is 15.8 Å². The van der Waals surface area contributed by atoms with Crippen molar-refractivity contribution in [1.82, 2.24) is 5.32 Å².